The minimum Gasteiger partial charge on any atom is -0.287 e. The zero-order valence-electron chi connectivity index (χ0n) is 6.45. The lowest BCUT2D eigenvalue weighted by Gasteiger charge is -2.01. The molecule has 3 nitrogen and oxygen atoms in total. The summed E-state index contributed by atoms with van der Waals surface area (Å²) in [4.78, 5) is 20.1. The van der Waals surface area contributed by atoms with Crippen molar-refractivity contribution in [1.82, 2.24) is 0 Å². The molecule has 0 amide bonds. The molecule has 12 heavy (non-hydrogen) atoms. The number of carbonyl (C=O) groups excluding carboxylic acids is 1. The van der Waals surface area contributed by atoms with Gasteiger partial charge >= 0.3 is 5.97 Å². The summed E-state index contributed by atoms with van der Waals surface area (Å²) >= 11 is 0. The van der Waals surface area contributed by atoms with E-state index in [0.717, 1.165) is 5.56 Å². The van der Waals surface area contributed by atoms with Gasteiger partial charge in [-0.2, -0.15) is 0 Å². The summed E-state index contributed by atoms with van der Waals surface area (Å²) in [6.07, 6.45) is 1.08. The zero-order chi connectivity index (χ0) is 8.39. The van der Waals surface area contributed by atoms with Crippen LogP contribution in [0.2, 0.25) is 0 Å². The van der Waals surface area contributed by atoms with Crippen molar-refractivity contribution in [2.45, 2.75) is 12.8 Å². The van der Waals surface area contributed by atoms with Crippen LogP contribution in [0.3, 0.4) is 0 Å². The third-order valence-electron chi connectivity index (χ3n) is 1.80. The highest BCUT2D eigenvalue weighted by Gasteiger charge is 2.14. The van der Waals surface area contributed by atoms with E-state index in [1.165, 1.54) is 0 Å². The van der Waals surface area contributed by atoms with Crippen LogP contribution in [0.15, 0.2) is 24.3 Å². The van der Waals surface area contributed by atoms with E-state index >= 15 is 0 Å². The average Bonchev–Trinajstić information content (AvgIpc) is 2.29. The van der Waals surface area contributed by atoms with Crippen LogP contribution in [0.1, 0.15) is 12.0 Å². The van der Waals surface area contributed by atoms with Gasteiger partial charge in [0.15, 0.2) is 5.75 Å². The van der Waals surface area contributed by atoms with Gasteiger partial charge in [-0.05, 0) is 12.5 Å². The lowest BCUT2D eigenvalue weighted by Crippen LogP contribution is -2.04. The highest BCUT2D eigenvalue weighted by molar-refractivity contribution is 5.70. The van der Waals surface area contributed by atoms with Gasteiger partial charge in [-0.15, -0.1) is 0 Å². The predicted molar refractivity (Wildman–Crippen MR) is 41.5 cm³/mol. The molecule has 1 aliphatic rings. The second-order valence-electron chi connectivity index (χ2n) is 2.65. The number of carbonyl (C=O) groups is 1. The highest BCUT2D eigenvalue weighted by Crippen LogP contribution is 2.22. The number of aryl methyl sites for hydroxylation is 1. The molecule has 62 valence electrons. The van der Waals surface area contributed by atoms with Gasteiger partial charge in [0.1, 0.15) is 0 Å². The number of rotatable bonds is 0. The van der Waals surface area contributed by atoms with Crippen molar-refractivity contribution in [2.75, 3.05) is 0 Å². The van der Waals surface area contributed by atoms with E-state index in [1.54, 1.807) is 6.07 Å². The molecule has 1 aliphatic heterocycles. The summed E-state index contributed by atoms with van der Waals surface area (Å²) < 4.78 is 0. The van der Waals surface area contributed by atoms with Crippen LogP contribution in [0.5, 0.6) is 5.75 Å². The summed E-state index contributed by atoms with van der Waals surface area (Å²) in [5.41, 5.74) is 1.02. The van der Waals surface area contributed by atoms with Gasteiger partial charge in [0.05, 0.1) is 6.42 Å². The van der Waals surface area contributed by atoms with E-state index in [1.807, 2.05) is 18.2 Å². The highest BCUT2D eigenvalue weighted by atomic mass is 17.2. The van der Waals surface area contributed by atoms with E-state index in [2.05, 4.69) is 4.89 Å². The fourth-order valence-corrected chi connectivity index (χ4v) is 1.16. The van der Waals surface area contributed by atoms with Crippen LogP contribution in [0, 0.1) is 0 Å². The molecular weight excluding hydrogens is 156 g/mol. The Morgan fingerprint density at radius 1 is 1.08 bits per heavy atom. The molecule has 0 saturated carbocycles. The van der Waals surface area contributed by atoms with Crippen molar-refractivity contribution in [2.24, 2.45) is 0 Å². The lowest BCUT2D eigenvalue weighted by molar-refractivity contribution is -0.211. The molecule has 0 fully saturated rings. The molecule has 0 radical (unpaired) electrons. The van der Waals surface area contributed by atoms with Crippen molar-refractivity contribution in [3.8, 4) is 5.75 Å². The third kappa shape index (κ3) is 1.25. The summed E-state index contributed by atoms with van der Waals surface area (Å²) in [7, 11) is 0. The maximum atomic E-state index is 10.8. The molecule has 0 spiro atoms. The minimum absolute atomic E-state index is 0.314. The SMILES string of the molecule is O=C1CCc2ccccc2OO1. The van der Waals surface area contributed by atoms with Crippen LogP contribution in [0.25, 0.3) is 0 Å². The predicted octanol–water partition coefficient (Wildman–Crippen LogP) is 1.47. The monoisotopic (exact) mass is 164 g/mol. The topological polar surface area (TPSA) is 35.5 Å². The van der Waals surface area contributed by atoms with E-state index in [-0.39, 0.29) is 5.97 Å². The van der Waals surface area contributed by atoms with Crippen LogP contribution in [-0.4, -0.2) is 5.97 Å². The van der Waals surface area contributed by atoms with E-state index in [0.29, 0.717) is 18.6 Å². The molecule has 1 aromatic rings. The molecule has 0 N–H and O–H groups in total. The van der Waals surface area contributed by atoms with Crippen LogP contribution >= 0.6 is 0 Å². The second-order valence-corrected chi connectivity index (χ2v) is 2.65. The third-order valence-corrected chi connectivity index (χ3v) is 1.80. The molecule has 0 saturated heterocycles. The van der Waals surface area contributed by atoms with Crippen molar-refractivity contribution in [1.29, 1.82) is 0 Å². The number of benzene rings is 1. The van der Waals surface area contributed by atoms with Crippen LogP contribution in [-0.2, 0) is 16.1 Å². The van der Waals surface area contributed by atoms with E-state index in [9.17, 15) is 4.79 Å². The Labute approximate surface area is 69.8 Å². The van der Waals surface area contributed by atoms with Gasteiger partial charge in [0.2, 0.25) is 0 Å². The van der Waals surface area contributed by atoms with Crippen molar-refractivity contribution < 1.29 is 14.6 Å². The molecule has 0 aromatic heterocycles. The Morgan fingerprint density at radius 3 is 2.83 bits per heavy atom. The first-order valence-corrected chi connectivity index (χ1v) is 3.81. The number of para-hydroxylation sites is 1. The Balaban J connectivity index is 2.32. The number of hydrogen-bond donors (Lipinski definition) is 0. The maximum absolute atomic E-state index is 10.8. The minimum atomic E-state index is -0.314. The van der Waals surface area contributed by atoms with Gasteiger partial charge in [-0.1, -0.05) is 18.2 Å². The molecule has 0 atom stereocenters. The summed E-state index contributed by atoms with van der Waals surface area (Å²) in [5.74, 6) is 0.328. The normalized spacial score (nSPS) is 15.5. The largest absolute Gasteiger partial charge is 0.355 e. The quantitative estimate of drug-likeness (QED) is 0.544. The van der Waals surface area contributed by atoms with Crippen LogP contribution in [0.4, 0.5) is 0 Å². The van der Waals surface area contributed by atoms with E-state index in [4.69, 9.17) is 4.89 Å². The second kappa shape index (κ2) is 2.85. The first-order chi connectivity index (χ1) is 5.86. The van der Waals surface area contributed by atoms with E-state index < -0.39 is 0 Å². The van der Waals surface area contributed by atoms with Gasteiger partial charge in [0, 0.05) is 5.56 Å². The summed E-state index contributed by atoms with van der Waals surface area (Å²) in [6.45, 7) is 0. The molecule has 0 aliphatic carbocycles. The molecular formula is C9H8O3. The van der Waals surface area contributed by atoms with Crippen molar-refractivity contribution >= 4 is 5.97 Å². The smallest absolute Gasteiger partial charge is 0.287 e. The first kappa shape index (κ1) is 7.16. The molecule has 2 rings (SSSR count). The summed E-state index contributed by atoms with van der Waals surface area (Å²) in [6, 6.07) is 7.47. The van der Waals surface area contributed by atoms with Gasteiger partial charge in [-0.25, -0.2) is 4.79 Å². The van der Waals surface area contributed by atoms with Crippen molar-refractivity contribution in [3.05, 3.63) is 29.8 Å². The van der Waals surface area contributed by atoms with Gasteiger partial charge in [0.25, 0.3) is 0 Å². The fraction of sp³-hybridized carbons (Fsp3) is 0.222. The van der Waals surface area contributed by atoms with Gasteiger partial charge in [-0.3, -0.25) is 9.78 Å². The molecule has 0 bridgehead atoms. The molecule has 1 heterocycles. The Bertz CT molecular complexity index is 277. The zero-order valence-corrected chi connectivity index (χ0v) is 6.45. The van der Waals surface area contributed by atoms with Crippen LogP contribution < -0.4 is 4.89 Å². The lowest BCUT2D eigenvalue weighted by atomic mass is 10.1. The Kier molecular flexibility index (Phi) is 1.70. The Hall–Kier alpha value is -1.51. The average molecular weight is 164 g/mol. The maximum Gasteiger partial charge on any atom is 0.355 e. The van der Waals surface area contributed by atoms with Gasteiger partial charge < -0.3 is 0 Å². The first-order valence-electron chi connectivity index (χ1n) is 3.81. The molecule has 0 unspecified atom stereocenters. The Morgan fingerprint density at radius 2 is 1.92 bits per heavy atom. The number of hydrogen-bond acceptors (Lipinski definition) is 3. The fourth-order valence-electron chi connectivity index (χ4n) is 1.16. The summed E-state index contributed by atoms with van der Waals surface area (Å²) in [5, 5.41) is 0. The number of fused-ring (bicyclic) bond motifs is 1. The molecule has 1 aromatic carbocycles. The molecule has 3 heteroatoms. The standard InChI is InChI=1S/C9H8O3/c10-9-6-5-7-3-1-2-4-8(7)11-12-9/h1-4H,5-6H2. The van der Waals surface area contributed by atoms with Crippen molar-refractivity contribution in [3.63, 3.8) is 0 Å².